The molecule has 138 valence electrons. The molecule has 0 unspecified atom stereocenters. The summed E-state index contributed by atoms with van der Waals surface area (Å²) in [5, 5.41) is 0.156. The van der Waals surface area contributed by atoms with E-state index in [1.54, 1.807) is 0 Å². The summed E-state index contributed by atoms with van der Waals surface area (Å²) in [6.45, 7) is 0.343. The van der Waals surface area contributed by atoms with Crippen molar-refractivity contribution in [3.05, 3.63) is 32.8 Å². The second-order valence-electron chi connectivity index (χ2n) is 5.34. The van der Waals surface area contributed by atoms with Crippen LogP contribution < -0.4 is 0 Å². The number of benzene rings is 1. The van der Waals surface area contributed by atoms with Crippen LogP contribution in [0.15, 0.2) is 12.1 Å². The van der Waals surface area contributed by atoms with Gasteiger partial charge in [-0.15, -0.1) is 0 Å². The van der Waals surface area contributed by atoms with Gasteiger partial charge >= 0.3 is 5.97 Å². The molecule has 0 saturated carbocycles. The average Bonchev–Trinajstić information content (AvgIpc) is 2.55. The van der Waals surface area contributed by atoms with E-state index >= 15 is 0 Å². The SMILES string of the molecule is CS(=O)(=O)N1CCN(C(=O)COC(=O)c2c(Cl)ccc(Cl)c2Cl)CC1. The molecule has 2 rings (SSSR count). The highest BCUT2D eigenvalue weighted by Gasteiger charge is 2.27. The molecule has 0 spiro atoms. The molecular formula is C14H15Cl3N2O5S. The van der Waals surface area contributed by atoms with Gasteiger partial charge in [0.2, 0.25) is 10.0 Å². The minimum atomic E-state index is -3.28. The lowest BCUT2D eigenvalue weighted by Crippen LogP contribution is -2.51. The maximum absolute atomic E-state index is 12.1. The molecule has 0 aliphatic carbocycles. The molecule has 0 bridgehead atoms. The first-order valence-corrected chi connectivity index (χ1v) is 10.1. The summed E-state index contributed by atoms with van der Waals surface area (Å²) in [5.74, 6) is -1.30. The number of nitrogens with zero attached hydrogens (tertiary/aromatic N) is 2. The van der Waals surface area contributed by atoms with Crippen LogP contribution in [-0.2, 0) is 19.6 Å². The Balaban J connectivity index is 1.93. The molecule has 11 heteroatoms. The van der Waals surface area contributed by atoms with Crippen molar-refractivity contribution < 1.29 is 22.7 Å². The molecule has 0 aromatic heterocycles. The van der Waals surface area contributed by atoms with E-state index in [-0.39, 0.29) is 46.8 Å². The minimum Gasteiger partial charge on any atom is -0.452 e. The van der Waals surface area contributed by atoms with Gasteiger partial charge in [0.15, 0.2) is 6.61 Å². The van der Waals surface area contributed by atoms with Crippen LogP contribution in [0.1, 0.15) is 10.4 Å². The van der Waals surface area contributed by atoms with E-state index in [1.165, 1.54) is 21.3 Å². The molecule has 7 nitrogen and oxygen atoms in total. The zero-order valence-electron chi connectivity index (χ0n) is 13.2. The number of hydrogen-bond donors (Lipinski definition) is 0. The van der Waals surface area contributed by atoms with Crippen LogP contribution in [-0.4, -0.2) is 68.5 Å². The highest BCUT2D eigenvalue weighted by Crippen LogP contribution is 2.31. The van der Waals surface area contributed by atoms with E-state index in [0.29, 0.717) is 0 Å². The largest absolute Gasteiger partial charge is 0.452 e. The third-order valence-electron chi connectivity index (χ3n) is 3.64. The fraction of sp³-hybridized carbons (Fsp3) is 0.429. The van der Waals surface area contributed by atoms with Crippen molar-refractivity contribution in [1.82, 2.24) is 9.21 Å². The van der Waals surface area contributed by atoms with Crippen LogP contribution in [0.2, 0.25) is 15.1 Å². The van der Waals surface area contributed by atoms with E-state index in [1.807, 2.05) is 0 Å². The number of esters is 1. The molecule has 1 aromatic rings. The number of amides is 1. The van der Waals surface area contributed by atoms with Crippen molar-refractivity contribution in [3.63, 3.8) is 0 Å². The number of halogens is 3. The predicted octanol–water partition coefficient (Wildman–Crippen LogP) is 1.91. The van der Waals surface area contributed by atoms with Crippen molar-refractivity contribution in [2.75, 3.05) is 39.0 Å². The number of piperazine rings is 1. The standard InChI is InChI=1S/C14H15Cl3N2O5S/c1-25(22,23)19-6-4-18(5-7-19)11(20)8-24-14(21)12-9(15)2-3-10(16)13(12)17/h2-3H,4-8H2,1H3. The van der Waals surface area contributed by atoms with Crippen LogP contribution in [0, 0.1) is 0 Å². The van der Waals surface area contributed by atoms with Gasteiger partial charge in [-0.1, -0.05) is 34.8 Å². The Morgan fingerprint density at radius 1 is 1.08 bits per heavy atom. The number of carbonyl (C=O) groups excluding carboxylic acids is 2. The Morgan fingerprint density at radius 3 is 2.20 bits per heavy atom. The van der Waals surface area contributed by atoms with Gasteiger partial charge in [0.05, 0.1) is 26.9 Å². The maximum Gasteiger partial charge on any atom is 0.341 e. The molecule has 1 aliphatic rings. The Labute approximate surface area is 160 Å². The van der Waals surface area contributed by atoms with E-state index in [9.17, 15) is 18.0 Å². The Kier molecular flexibility index (Phi) is 6.56. The highest BCUT2D eigenvalue weighted by atomic mass is 35.5. The van der Waals surface area contributed by atoms with Crippen molar-refractivity contribution in [2.45, 2.75) is 0 Å². The number of sulfonamides is 1. The van der Waals surface area contributed by atoms with Gasteiger partial charge in [-0.2, -0.15) is 4.31 Å². The fourth-order valence-corrected chi connectivity index (χ4v) is 3.78. The third kappa shape index (κ3) is 4.98. The van der Waals surface area contributed by atoms with Gasteiger partial charge < -0.3 is 9.64 Å². The first-order chi connectivity index (χ1) is 11.6. The van der Waals surface area contributed by atoms with E-state index in [0.717, 1.165) is 6.26 Å². The topological polar surface area (TPSA) is 84.0 Å². The van der Waals surface area contributed by atoms with Crippen LogP contribution >= 0.6 is 34.8 Å². The monoisotopic (exact) mass is 428 g/mol. The molecule has 25 heavy (non-hydrogen) atoms. The summed E-state index contributed by atoms with van der Waals surface area (Å²) in [6.07, 6.45) is 1.12. The zero-order chi connectivity index (χ0) is 18.8. The Morgan fingerprint density at radius 2 is 1.64 bits per heavy atom. The second-order valence-corrected chi connectivity index (χ2v) is 8.51. The lowest BCUT2D eigenvalue weighted by molar-refractivity contribution is -0.135. The first-order valence-electron chi connectivity index (χ1n) is 7.14. The molecule has 0 radical (unpaired) electrons. The molecule has 1 heterocycles. The average molecular weight is 430 g/mol. The van der Waals surface area contributed by atoms with Crippen molar-refractivity contribution >= 4 is 56.7 Å². The number of rotatable bonds is 4. The van der Waals surface area contributed by atoms with Crippen LogP contribution in [0.4, 0.5) is 0 Å². The van der Waals surface area contributed by atoms with Gasteiger partial charge in [-0.05, 0) is 12.1 Å². The molecule has 1 aliphatic heterocycles. The molecule has 0 atom stereocenters. The third-order valence-corrected chi connectivity index (χ3v) is 6.06. The van der Waals surface area contributed by atoms with Gasteiger partial charge in [-0.3, -0.25) is 4.79 Å². The molecule has 0 N–H and O–H groups in total. The quantitative estimate of drug-likeness (QED) is 0.539. The maximum atomic E-state index is 12.1. The Hall–Kier alpha value is -1.06. The molecule has 1 aromatic carbocycles. The normalized spacial score (nSPS) is 15.9. The fourth-order valence-electron chi connectivity index (χ4n) is 2.27. The minimum absolute atomic E-state index is 0.0478. The van der Waals surface area contributed by atoms with Gasteiger partial charge in [0.25, 0.3) is 5.91 Å². The lowest BCUT2D eigenvalue weighted by Gasteiger charge is -2.33. The van der Waals surface area contributed by atoms with Gasteiger partial charge in [-0.25, -0.2) is 13.2 Å². The smallest absolute Gasteiger partial charge is 0.341 e. The Bertz CT molecular complexity index is 792. The van der Waals surface area contributed by atoms with Crippen molar-refractivity contribution in [2.24, 2.45) is 0 Å². The van der Waals surface area contributed by atoms with E-state index < -0.39 is 28.5 Å². The number of carbonyl (C=O) groups is 2. The summed E-state index contributed by atoms with van der Waals surface area (Å²) in [4.78, 5) is 25.6. The predicted molar refractivity (Wildman–Crippen MR) is 94.8 cm³/mol. The first kappa shape index (κ1) is 20.3. The van der Waals surface area contributed by atoms with E-state index in [2.05, 4.69) is 0 Å². The molecule has 1 amide bonds. The summed E-state index contributed by atoms with van der Waals surface area (Å²) in [6, 6.07) is 2.84. The van der Waals surface area contributed by atoms with Crippen molar-refractivity contribution in [1.29, 1.82) is 0 Å². The highest BCUT2D eigenvalue weighted by molar-refractivity contribution is 7.88. The lowest BCUT2D eigenvalue weighted by atomic mass is 10.2. The second kappa shape index (κ2) is 8.09. The van der Waals surface area contributed by atoms with Crippen LogP contribution in [0.5, 0.6) is 0 Å². The summed E-state index contributed by atoms with van der Waals surface area (Å²) in [5.41, 5.74) is -0.106. The van der Waals surface area contributed by atoms with Crippen LogP contribution in [0.3, 0.4) is 0 Å². The van der Waals surface area contributed by atoms with Crippen LogP contribution in [0.25, 0.3) is 0 Å². The summed E-state index contributed by atoms with van der Waals surface area (Å²) in [7, 11) is -3.28. The number of ether oxygens (including phenoxy) is 1. The number of hydrogen-bond acceptors (Lipinski definition) is 5. The van der Waals surface area contributed by atoms with E-state index in [4.69, 9.17) is 39.5 Å². The van der Waals surface area contributed by atoms with Crippen molar-refractivity contribution in [3.8, 4) is 0 Å². The summed E-state index contributed by atoms with van der Waals surface area (Å²) < 4.78 is 29.1. The molecule has 1 saturated heterocycles. The molecule has 1 fully saturated rings. The van der Waals surface area contributed by atoms with Gasteiger partial charge in [0, 0.05) is 26.2 Å². The molecular weight excluding hydrogens is 415 g/mol. The summed E-state index contributed by atoms with van der Waals surface area (Å²) >= 11 is 17.7. The zero-order valence-corrected chi connectivity index (χ0v) is 16.3. The van der Waals surface area contributed by atoms with Gasteiger partial charge in [0.1, 0.15) is 0 Å².